The molecule has 17 heavy (non-hydrogen) atoms. The summed E-state index contributed by atoms with van der Waals surface area (Å²) < 4.78 is 10.2. The van der Waals surface area contributed by atoms with Crippen molar-refractivity contribution >= 4 is 5.78 Å². The zero-order valence-electron chi connectivity index (χ0n) is 10.2. The Kier molecular flexibility index (Phi) is 4.93. The first-order valence-electron chi connectivity index (χ1n) is 5.23. The van der Waals surface area contributed by atoms with E-state index in [1.807, 2.05) is 0 Å². The zero-order chi connectivity index (χ0) is 12.8. The van der Waals surface area contributed by atoms with Crippen molar-refractivity contribution in [2.24, 2.45) is 0 Å². The number of rotatable bonds is 6. The van der Waals surface area contributed by atoms with E-state index < -0.39 is 6.10 Å². The second kappa shape index (κ2) is 6.22. The molecule has 0 aliphatic carbocycles. The number of aliphatic hydroxyl groups is 1. The number of hydrogen-bond acceptors (Lipinski definition) is 5. The maximum Gasteiger partial charge on any atom is 0.192 e. The quantitative estimate of drug-likeness (QED) is 0.706. The summed E-state index contributed by atoms with van der Waals surface area (Å²) >= 11 is 0. The highest BCUT2D eigenvalue weighted by Crippen LogP contribution is 2.27. The number of ether oxygens (including phenoxy) is 2. The first-order valence-corrected chi connectivity index (χ1v) is 5.23. The van der Waals surface area contributed by atoms with Crippen LogP contribution in [0.2, 0.25) is 0 Å². The van der Waals surface area contributed by atoms with Gasteiger partial charge in [-0.25, -0.2) is 0 Å². The number of nitrogens with one attached hydrogen (secondary N) is 1. The number of benzene rings is 1. The van der Waals surface area contributed by atoms with Crippen molar-refractivity contribution in [1.82, 2.24) is 5.32 Å². The van der Waals surface area contributed by atoms with Gasteiger partial charge in [0.2, 0.25) is 0 Å². The lowest BCUT2D eigenvalue weighted by molar-refractivity contribution is 0.0750. The van der Waals surface area contributed by atoms with E-state index in [0.29, 0.717) is 17.1 Å². The molecule has 0 aliphatic heterocycles. The Bertz CT molecular complexity index is 392. The fraction of sp³-hybridized carbons (Fsp3) is 0.417. The van der Waals surface area contributed by atoms with Gasteiger partial charge in [0.25, 0.3) is 0 Å². The fourth-order valence-corrected chi connectivity index (χ4v) is 1.47. The summed E-state index contributed by atoms with van der Waals surface area (Å²) in [5.41, 5.74) is 0.394. The Balaban J connectivity index is 2.95. The van der Waals surface area contributed by atoms with Gasteiger partial charge >= 0.3 is 0 Å². The molecule has 94 valence electrons. The van der Waals surface area contributed by atoms with Crippen molar-refractivity contribution in [3.8, 4) is 11.5 Å². The van der Waals surface area contributed by atoms with E-state index in [9.17, 15) is 9.90 Å². The number of likely N-dealkylation sites (N-methyl/N-ethyl adjacent to an activating group) is 1. The number of methoxy groups -OCH3 is 2. The summed E-state index contributed by atoms with van der Waals surface area (Å²) in [5, 5.41) is 12.3. The molecule has 2 N–H and O–H groups in total. The third kappa shape index (κ3) is 3.18. The highest BCUT2D eigenvalue weighted by molar-refractivity contribution is 6.00. The number of aliphatic hydroxyl groups excluding tert-OH is 1. The summed E-state index contributed by atoms with van der Waals surface area (Å²) in [6.45, 7) is 0.215. The van der Waals surface area contributed by atoms with E-state index in [1.54, 1.807) is 25.2 Å². The highest BCUT2D eigenvalue weighted by atomic mass is 16.5. The molecule has 0 bridgehead atoms. The van der Waals surface area contributed by atoms with E-state index >= 15 is 0 Å². The number of ketones is 1. The minimum absolute atomic E-state index is 0.215. The molecule has 0 heterocycles. The molecule has 5 heteroatoms. The second-order valence-electron chi connectivity index (χ2n) is 3.51. The SMILES string of the molecule is CNCC(O)C(=O)c1ccc(OC)c(OC)c1. The molecule has 5 nitrogen and oxygen atoms in total. The van der Waals surface area contributed by atoms with E-state index in [-0.39, 0.29) is 12.3 Å². The summed E-state index contributed by atoms with van der Waals surface area (Å²) in [5.74, 6) is 0.669. The molecular formula is C12H17NO4. The van der Waals surface area contributed by atoms with Crippen LogP contribution in [-0.2, 0) is 0 Å². The molecule has 0 radical (unpaired) electrons. The molecule has 0 spiro atoms. The zero-order valence-corrected chi connectivity index (χ0v) is 10.2. The van der Waals surface area contributed by atoms with Crippen molar-refractivity contribution in [1.29, 1.82) is 0 Å². The molecule has 0 fully saturated rings. The molecule has 0 saturated carbocycles. The summed E-state index contributed by atoms with van der Waals surface area (Å²) in [6.07, 6.45) is -1.06. The standard InChI is InChI=1S/C12H17NO4/c1-13-7-9(14)12(15)8-4-5-10(16-2)11(6-8)17-3/h4-6,9,13-14H,7H2,1-3H3. The van der Waals surface area contributed by atoms with Crippen LogP contribution in [0.15, 0.2) is 18.2 Å². The van der Waals surface area contributed by atoms with Crippen molar-refractivity contribution < 1.29 is 19.4 Å². The van der Waals surface area contributed by atoms with Gasteiger partial charge in [-0.15, -0.1) is 0 Å². The Morgan fingerprint density at radius 2 is 2.00 bits per heavy atom. The molecule has 0 saturated heterocycles. The normalized spacial score (nSPS) is 12.0. The predicted octanol–water partition coefficient (Wildman–Crippen LogP) is 0.467. The van der Waals surface area contributed by atoms with Crippen LogP contribution in [0.25, 0.3) is 0 Å². The van der Waals surface area contributed by atoms with Gasteiger partial charge in [-0.1, -0.05) is 0 Å². The summed E-state index contributed by atoms with van der Waals surface area (Å²) in [6, 6.07) is 4.79. The Hall–Kier alpha value is -1.59. The molecular weight excluding hydrogens is 222 g/mol. The Morgan fingerprint density at radius 3 is 2.53 bits per heavy atom. The molecule has 1 atom stereocenters. The van der Waals surface area contributed by atoms with Gasteiger partial charge in [-0.3, -0.25) is 4.79 Å². The maximum atomic E-state index is 11.8. The van der Waals surface area contributed by atoms with Gasteiger partial charge in [0.05, 0.1) is 14.2 Å². The molecule has 1 aromatic rings. The number of carbonyl (C=O) groups excluding carboxylic acids is 1. The average molecular weight is 239 g/mol. The lowest BCUT2D eigenvalue weighted by Crippen LogP contribution is -2.31. The van der Waals surface area contributed by atoms with Crippen LogP contribution in [0, 0.1) is 0 Å². The number of Topliss-reactive ketones (excluding diaryl/α,β-unsaturated/α-hetero) is 1. The van der Waals surface area contributed by atoms with Gasteiger partial charge in [-0.05, 0) is 25.2 Å². The van der Waals surface area contributed by atoms with Gasteiger partial charge in [0.15, 0.2) is 17.3 Å². The first kappa shape index (κ1) is 13.5. The molecule has 1 unspecified atom stereocenters. The third-order valence-electron chi connectivity index (χ3n) is 2.37. The van der Waals surface area contributed by atoms with Gasteiger partial charge in [-0.2, -0.15) is 0 Å². The van der Waals surface area contributed by atoms with Crippen LogP contribution in [0.3, 0.4) is 0 Å². The third-order valence-corrected chi connectivity index (χ3v) is 2.37. The van der Waals surface area contributed by atoms with Gasteiger partial charge < -0.3 is 19.9 Å². The van der Waals surface area contributed by atoms with Crippen molar-refractivity contribution in [3.05, 3.63) is 23.8 Å². The first-order chi connectivity index (χ1) is 8.13. The van der Waals surface area contributed by atoms with E-state index in [2.05, 4.69) is 5.32 Å². The predicted molar refractivity (Wildman–Crippen MR) is 63.8 cm³/mol. The number of hydrogen-bond donors (Lipinski definition) is 2. The lowest BCUT2D eigenvalue weighted by Gasteiger charge is -2.11. The van der Waals surface area contributed by atoms with Gasteiger partial charge in [0, 0.05) is 12.1 Å². The Morgan fingerprint density at radius 1 is 1.35 bits per heavy atom. The highest BCUT2D eigenvalue weighted by Gasteiger charge is 2.18. The topological polar surface area (TPSA) is 67.8 Å². The van der Waals surface area contributed by atoms with Crippen LogP contribution in [0.1, 0.15) is 10.4 Å². The molecule has 1 rings (SSSR count). The maximum absolute atomic E-state index is 11.8. The second-order valence-corrected chi connectivity index (χ2v) is 3.51. The van der Waals surface area contributed by atoms with Crippen LogP contribution in [-0.4, -0.2) is 44.8 Å². The lowest BCUT2D eigenvalue weighted by atomic mass is 10.1. The minimum atomic E-state index is -1.06. The van der Waals surface area contributed by atoms with E-state index in [0.717, 1.165) is 0 Å². The average Bonchev–Trinajstić information content (AvgIpc) is 2.37. The molecule has 1 aromatic carbocycles. The smallest absolute Gasteiger partial charge is 0.192 e. The Labute approximate surface area is 100 Å². The molecule has 0 aromatic heterocycles. The number of carbonyl (C=O) groups is 1. The van der Waals surface area contributed by atoms with E-state index in [4.69, 9.17) is 9.47 Å². The summed E-state index contributed by atoms with van der Waals surface area (Å²) in [4.78, 5) is 11.8. The van der Waals surface area contributed by atoms with E-state index in [1.165, 1.54) is 14.2 Å². The van der Waals surface area contributed by atoms with Crippen molar-refractivity contribution in [2.45, 2.75) is 6.10 Å². The molecule has 0 amide bonds. The van der Waals surface area contributed by atoms with Crippen LogP contribution in [0.5, 0.6) is 11.5 Å². The largest absolute Gasteiger partial charge is 0.493 e. The van der Waals surface area contributed by atoms with Gasteiger partial charge in [0.1, 0.15) is 6.10 Å². The van der Waals surface area contributed by atoms with Crippen LogP contribution >= 0.6 is 0 Å². The minimum Gasteiger partial charge on any atom is -0.493 e. The van der Waals surface area contributed by atoms with Crippen LogP contribution < -0.4 is 14.8 Å². The summed E-state index contributed by atoms with van der Waals surface area (Å²) in [7, 11) is 4.69. The van der Waals surface area contributed by atoms with Crippen LogP contribution in [0.4, 0.5) is 0 Å². The fourth-order valence-electron chi connectivity index (χ4n) is 1.47. The molecule has 0 aliphatic rings. The van der Waals surface area contributed by atoms with Crippen molar-refractivity contribution in [3.63, 3.8) is 0 Å². The van der Waals surface area contributed by atoms with Crippen molar-refractivity contribution in [2.75, 3.05) is 27.8 Å². The monoisotopic (exact) mass is 239 g/mol.